The minimum atomic E-state index is -0.0797. The molecule has 1 aromatic heterocycles. The second-order valence-corrected chi connectivity index (χ2v) is 5.01. The van der Waals surface area contributed by atoms with Crippen LogP contribution in [0, 0.1) is 6.92 Å². The Balaban J connectivity index is 2.23. The molecule has 0 saturated heterocycles. The van der Waals surface area contributed by atoms with E-state index in [-0.39, 0.29) is 12.2 Å². The lowest BCUT2D eigenvalue weighted by atomic mass is 10.1. The summed E-state index contributed by atoms with van der Waals surface area (Å²) in [6.07, 6.45) is 3.33. The Labute approximate surface area is 120 Å². The first-order valence-corrected chi connectivity index (χ1v) is 6.53. The highest BCUT2D eigenvalue weighted by Crippen LogP contribution is 2.24. The van der Waals surface area contributed by atoms with Gasteiger partial charge in [-0.2, -0.15) is 0 Å². The van der Waals surface area contributed by atoms with Gasteiger partial charge in [0.15, 0.2) is 5.78 Å². The maximum absolute atomic E-state index is 12.1. The van der Waals surface area contributed by atoms with Gasteiger partial charge in [0.05, 0.1) is 19.0 Å². The molecule has 4 nitrogen and oxygen atoms in total. The van der Waals surface area contributed by atoms with E-state index in [1.165, 1.54) is 6.20 Å². The zero-order valence-electron chi connectivity index (χ0n) is 10.7. The topological polar surface area (TPSA) is 52.1 Å². The van der Waals surface area contributed by atoms with Gasteiger partial charge in [0, 0.05) is 22.7 Å². The van der Waals surface area contributed by atoms with E-state index in [4.69, 9.17) is 4.74 Å². The van der Waals surface area contributed by atoms with Crippen molar-refractivity contribution in [2.24, 2.45) is 0 Å². The number of carbonyl (C=O) groups excluding carboxylic acids is 1. The largest absolute Gasteiger partial charge is 0.496 e. The van der Waals surface area contributed by atoms with Crippen molar-refractivity contribution in [1.82, 2.24) is 9.97 Å². The fourth-order valence-corrected chi connectivity index (χ4v) is 2.09. The maximum Gasteiger partial charge on any atom is 0.187 e. The molecule has 1 aromatic carbocycles. The molecule has 98 valence electrons. The molecule has 0 bridgehead atoms. The van der Waals surface area contributed by atoms with Crippen LogP contribution in [0.2, 0.25) is 0 Å². The summed E-state index contributed by atoms with van der Waals surface area (Å²) in [4.78, 5) is 20.3. The minimum Gasteiger partial charge on any atom is -0.496 e. The van der Waals surface area contributed by atoms with Crippen LogP contribution >= 0.6 is 15.9 Å². The van der Waals surface area contributed by atoms with Gasteiger partial charge in [0.1, 0.15) is 11.4 Å². The lowest BCUT2D eigenvalue weighted by molar-refractivity contribution is 0.0987. The Morgan fingerprint density at radius 2 is 2.11 bits per heavy atom. The van der Waals surface area contributed by atoms with Crippen LogP contribution < -0.4 is 4.74 Å². The molecule has 1 heterocycles. The summed E-state index contributed by atoms with van der Waals surface area (Å²) in [7, 11) is 1.59. The molecule has 0 spiro atoms. The van der Waals surface area contributed by atoms with Crippen LogP contribution in [0.4, 0.5) is 0 Å². The summed E-state index contributed by atoms with van der Waals surface area (Å²) >= 11 is 3.39. The van der Waals surface area contributed by atoms with Gasteiger partial charge in [-0.1, -0.05) is 15.9 Å². The Morgan fingerprint density at radius 1 is 1.32 bits per heavy atom. The molecule has 0 aliphatic rings. The number of halogens is 1. The molecule has 5 heteroatoms. The van der Waals surface area contributed by atoms with E-state index in [1.807, 2.05) is 25.1 Å². The van der Waals surface area contributed by atoms with Crippen molar-refractivity contribution in [3.8, 4) is 5.75 Å². The van der Waals surface area contributed by atoms with Crippen molar-refractivity contribution in [1.29, 1.82) is 0 Å². The predicted molar refractivity (Wildman–Crippen MR) is 75.5 cm³/mol. The molecule has 0 fully saturated rings. The normalized spacial score (nSPS) is 10.3. The van der Waals surface area contributed by atoms with Crippen molar-refractivity contribution >= 4 is 21.7 Å². The molecule has 0 saturated carbocycles. The Hall–Kier alpha value is -1.75. The molecule has 2 aromatic rings. The minimum absolute atomic E-state index is 0.0797. The monoisotopic (exact) mass is 320 g/mol. The molecule has 0 aliphatic heterocycles. The van der Waals surface area contributed by atoms with Gasteiger partial charge < -0.3 is 4.74 Å². The predicted octanol–water partition coefficient (Wildman–Crippen LogP) is 2.98. The molecule has 0 N–H and O–H groups in total. The Bertz CT molecular complexity index is 597. The summed E-state index contributed by atoms with van der Waals surface area (Å²) in [6.45, 7) is 1.83. The third-order valence-electron chi connectivity index (χ3n) is 2.66. The second kappa shape index (κ2) is 5.93. The molecule has 0 atom stereocenters. The number of aromatic nitrogens is 2. The van der Waals surface area contributed by atoms with Crippen molar-refractivity contribution in [2.45, 2.75) is 13.3 Å². The van der Waals surface area contributed by atoms with Crippen LogP contribution in [0.5, 0.6) is 5.75 Å². The number of carbonyl (C=O) groups is 1. The fraction of sp³-hybridized carbons (Fsp3) is 0.214. The van der Waals surface area contributed by atoms with Crippen molar-refractivity contribution in [3.63, 3.8) is 0 Å². The van der Waals surface area contributed by atoms with Gasteiger partial charge in [0.2, 0.25) is 0 Å². The summed E-state index contributed by atoms with van der Waals surface area (Å²) < 4.78 is 6.16. The van der Waals surface area contributed by atoms with Gasteiger partial charge in [0.25, 0.3) is 0 Å². The van der Waals surface area contributed by atoms with Gasteiger partial charge in [-0.15, -0.1) is 0 Å². The lowest BCUT2D eigenvalue weighted by Gasteiger charge is -2.08. The number of hydrogen-bond acceptors (Lipinski definition) is 4. The number of ketones is 1. The number of rotatable bonds is 4. The first-order valence-electron chi connectivity index (χ1n) is 5.74. The summed E-state index contributed by atoms with van der Waals surface area (Å²) in [5.41, 5.74) is 1.98. The van der Waals surface area contributed by atoms with Crippen molar-refractivity contribution < 1.29 is 9.53 Å². The van der Waals surface area contributed by atoms with Gasteiger partial charge >= 0.3 is 0 Å². The number of aryl methyl sites for hydroxylation is 1. The average Bonchev–Trinajstić information content (AvgIpc) is 2.39. The van der Waals surface area contributed by atoms with E-state index < -0.39 is 0 Å². The molecular formula is C14H13BrN2O2. The van der Waals surface area contributed by atoms with E-state index in [0.29, 0.717) is 11.4 Å². The smallest absolute Gasteiger partial charge is 0.187 e. The van der Waals surface area contributed by atoms with E-state index in [9.17, 15) is 4.79 Å². The number of benzene rings is 1. The first-order chi connectivity index (χ1) is 9.10. The quantitative estimate of drug-likeness (QED) is 0.813. The molecule has 2 rings (SSSR count). The summed E-state index contributed by atoms with van der Waals surface area (Å²) in [6, 6.07) is 5.57. The Morgan fingerprint density at radius 3 is 2.74 bits per heavy atom. The summed E-state index contributed by atoms with van der Waals surface area (Å²) in [5.74, 6) is 0.612. The van der Waals surface area contributed by atoms with Crippen molar-refractivity contribution in [2.75, 3.05) is 7.11 Å². The van der Waals surface area contributed by atoms with Gasteiger partial charge in [-0.3, -0.25) is 9.78 Å². The van der Waals surface area contributed by atoms with Crippen LogP contribution in [0.3, 0.4) is 0 Å². The van der Waals surface area contributed by atoms with Crippen LogP contribution in [0.15, 0.2) is 35.1 Å². The number of nitrogens with zero attached hydrogens (tertiary/aromatic N) is 2. The third kappa shape index (κ3) is 3.38. The zero-order chi connectivity index (χ0) is 13.8. The molecule has 0 radical (unpaired) electrons. The van der Waals surface area contributed by atoms with Crippen molar-refractivity contribution in [3.05, 3.63) is 52.0 Å². The third-order valence-corrected chi connectivity index (χ3v) is 3.15. The highest BCUT2D eigenvalue weighted by atomic mass is 79.9. The number of Topliss-reactive ketones (excluding diaryl/α,β-unsaturated/α-hetero) is 1. The number of hydrogen-bond donors (Lipinski definition) is 0. The highest BCUT2D eigenvalue weighted by molar-refractivity contribution is 9.10. The maximum atomic E-state index is 12.1. The number of ether oxygens (including phenoxy) is 1. The summed E-state index contributed by atoms with van der Waals surface area (Å²) in [5, 5.41) is 0. The van der Waals surface area contributed by atoms with E-state index in [1.54, 1.807) is 13.3 Å². The lowest BCUT2D eigenvalue weighted by Crippen LogP contribution is -2.08. The van der Waals surface area contributed by atoms with Crippen LogP contribution in [-0.4, -0.2) is 22.9 Å². The van der Waals surface area contributed by atoms with Gasteiger partial charge in [-0.05, 0) is 25.1 Å². The standard InChI is InChI=1S/C14H13BrN2O2/c1-9-7-17-12(8-16-9)13(18)6-10-5-11(15)3-4-14(10)19-2/h3-5,7-8H,6H2,1-2H3. The van der Waals surface area contributed by atoms with E-state index in [2.05, 4.69) is 25.9 Å². The molecule has 0 aliphatic carbocycles. The number of methoxy groups -OCH3 is 1. The molecule has 0 amide bonds. The van der Waals surface area contributed by atoms with E-state index >= 15 is 0 Å². The Kier molecular flexibility index (Phi) is 4.27. The van der Waals surface area contributed by atoms with Gasteiger partial charge in [-0.25, -0.2) is 4.98 Å². The average molecular weight is 321 g/mol. The fourth-order valence-electron chi connectivity index (χ4n) is 1.69. The molecule has 19 heavy (non-hydrogen) atoms. The first kappa shape index (κ1) is 13.7. The van der Waals surface area contributed by atoms with E-state index in [0.717, 1.165) is 15.7 Å². The molecular weight excluding hydrogens is 308 g/mol. The van der Waals surface area contributed by atoms with Crippen LogP contribution in [0.25, 0.3) is 0 Å². The SMILES string of the molecule is COc1ccc(Br)cc1CC(=O)c1cnc(C)cn1. The molecule has 0 unspecified atom stereocenters. The van der Waals surface area contributed by atoms with Crippen LogP contribution in [-0.2, 0) is 6.42 Å². The zero-order valence-corrected chi connectivity index (χ0v) is 12.3. The second-order valence-electron chi connectivity index (χ2n) is 4.10. The highest BCUT2D eigenvalue weighted by Gasteiger charge is 2.12. The van der Waals surface area contributed by atoms with Crippen LogP contribution in [0.1, 0.15) is 21.7 Å².